The number of nitrogens with zero attached hydrogens (tertiary/aromatic N) is 1. The first-order chi connectivity index (χ1) is 7.59. The van der Waals surface area contributed by atoms with Gasteiger partial charge in [-0.3, -0.25) is 0 Å². The Morgan fingerprint density at radius 1 is 1.31 bits per heavy atom. The van der Waals surface area contributed by atoms with Gasteiger partial charge in [0.1, 0.15) is 5.82 Å². The second kappa shape index (κ2) is 6.61. The van der Waals surface area contributed by atoms with Crippen LogP contribution in [0.5, 0.6) is 0 Å². The largest absolute Gasteiger partial charge is 0.313 e. The van der Waals surface area contributed by atoms with Crippen LogP contribution in [-0.4, -0.2) is 32.1 Å². The first-order valence-corrected chi connectivity index (χ1v) is 5.70. The Bertz CT molecular complexity index is 324. The first-order valence-electron chi connectivity index (χ1n) is 5.70. The molecule has 0 radical (unpaired) electrons. The van der Waals surface area contributed by atoms with Crippen molar-refractivity contribution in [2.24, 2.45) is 0 Å². The lowest BCUT2D eigenvalue weighted by Crippen LogP contribution is -2.21. The fraction of sp³-hybridized carbons (Fsp3) is 0.538. The third kappa shape index (κ3) is 4.73. The Labute approximate surface area is 97.5 Å². The Morgan fingerprint density at radius 2 is 2.06 bits per heavy atom. The molecule has 0 aromatic heterocycles. The van der Waals surface area contributed by atoms with E-state index in [-0.39, 0.29) is 5.82 Å². The lowest BCUT2D eigenvalue weighted by Gasteiger charge is -2.10. The van der Waals surface area contributed by atoms with Gasteiger partial charge in [-0.05, 0) is 57.7 Å². The minimum Gasteiger partial charge on any atom is -0.313 e. The van der Waals surface area contributed by atoms with Gasteiger partial charge in [-0.1, -0.05) is 12.1 Å². The van der Waals surface area contributed by atoms with E-state index < -0.39 is 0 Å². The van der Waals surface area contributed by atoms with Gasteiger partial charge in [0, 0.05) is 6.54 Å². The molecule has 0 saturated heterocycles. The molecule has 0 fully saturated rings. The van der Waals surface area contributed by atoms with Gasteiger partial charge in [0.2, 0.25) is 0 Å². The van der Waals surface area contributed by atoms with Gasteiger partial charge in [-0.15, -0.1) is 0 Å². The molecule has 1 aromatic carbocycles. The van der Waals surface area contributed by atoms with Crippen molar-refractivity contribution >= 4 is 0 Å². The topological polar surface area (TPSA) is 15.3 Å². The molecule has 1 rings (SSSR count). The van der Waals surface area contributed by atoms with Crippen molar-refractivity contribution in [1.82, 2.24) is 10.2 Å². The Hall–Kier alpha value is -0.930. The van der Waals surface area contributed by atoms with Gasteiger partial charge < -0.3 is 10.2 Å². The van der Waals surface area contributed by atoms with E-state index in [4.69, 9.17) is 0 Å². The van der Waals surface area contributed by atoms with E-state index >= 15 is 0 Å². The Kier molecular flexibility index (Phi) is 5.43. The summed E-state index contributed by atoms with van der Waals surface area (Å²) in [4.78, 5) is 2.17. The third-order valence-electron chi connectivity index (χ3n) is 2.51. The molecule has 0 amide bonds. The molecule has 0 aliphatic heterocycles. The normalized spacial score (nSPS) is 11.1. The molecule has 1 aromatic rings. The Morgan fingerprint density at radius 3 is 2.69 bits per heavy atom. The van der Waals surface area contributed by atoms with E-state index in [9.17, 15) is 4.39 Å². The van der Waals surface area contributed by atoms with Gasteiger partial charge in [0.05, 0.1) is 0 Å². The molecule has 0 aliphatic rings. The molecule has 90 valence electrons. The maximum atomic E-state index is 13.0. The van der Waals surface area contributed by atoms with Crippen LogP contribution in [0.1, 0.15) is 17.5 Å². The van der Waals surface area contributed by atoms with E-state index in [1.807, 2.05) is 12.1 Å². The molecule has 0 aliphatic carbocycles. The molecule has 0 unspecified atom stereocenters. The van der Waals surface area contributed by atoms with Crippen LogP contribution in [0, 0.1) is 12.7 Å². The van der Waals surface area contributed by atoms with Gasteiger partial charge >= 0.3 is 0 Å². The fourth-order valence-electron chi connectivity index (χ4n) is 1.57. The van der Waals surface area contributed by atoms with Crippen LogP contribution in [0.15, 0.2) is 18.2 Å². The summed E-state index contributed by atoms with van der Waals surface area (Å²) in [5.41, 5.74) is 1.86. The maximum absolute atomic E-state index is 13.0. The molecule has 2 nitrogen and oxygen atoms in total. The average Bonchev–Trinajstić information content (AvgIpc) is 2.22. The number of rotatable bonds is 6. The van der Waals surface area contributed by atoms with Crippen molar-refractivity contribution in [3.05, 3.63) is 35.1 Å². The van der Waals surface area contributed by atoms with E-state index in [2.05, 4.69) is 24.3 Å². The van der Waals surface area contributed by atoms with E-state index in [0.717, 1.165) is 31.6 Å². The lowest BCUT2D eigenvalue weighted by molar-refractivity contribution is 0.394. The summed E-state index contributed by atoms with van der Waals surface area (Å²) in [5.74, 6) is -0.128. The number of hydrogen-bond acceptors (Lipinski definition) is 2. The number of halogens is 1. The standard InChI is InChI=1S/C13H21FN2/c1-11-9-12(5-6-13(11)14)10-15-7-4-8-16(2)3/h5-6,9,15H,4,7-8,10H2,1-3H3. The maximum Gasteiger partial charge on any atom is 0.126 e. The minimum absolute atomic E-state index is 0.128. The van der Waals surface area contributed by atoms with Crippen LogP contribution in [0.4, 0.5) is 4.39 Å². The zero-order valence-electron chi connectivity index (χ0n) is 10.4. The van der Waals surface area contributed by atoms with Crippen molar-refractivity contribution in [2.45, 2.75) is 19.9 Å². The van der Waals surface area contributed by atoms with Crippen molar-refractivity contribution in [3.63, 3.8) is 0 Å². The number of hydrogen-bond donors (Lipinski definition) is 1. The van der Waals surface area contributed by atoms with Crippen LogP contribution in [0.25, 0.3) is 0 Å². The summed E-state index contributed by atoms with van der Waals surface area (Å²) >= 11 is 0. The molecule has 1 N–H and O–H groups in total. The van der Waals surface area contributed by atoms with Crippen LogP contribution in [0.2, 0.25) is 0 Å². The summed E-state index contributed by atoms with van der Waals surface area (Å²) in [5, 5.41) is 3.35. The molecule has 0 bridgehead atoms. The van der Waals surface area contributed by atoms with E-state index in [1.165, 1.54) is 6.07 Å². The summed E-state index contributed by atoms with van der Waals surface area (Å²) in [6.07, 6.45) is 1.13. The number of benzene rings is 1. The molecular weight excluding hydrogens is 203 g/mol. The zero-order valence-corrected chi connectivity index (χ0v) is 10.4. The van der Waals surface area contributed by atoms with Crippen molar-refractivity contribution in [2.75, 3.05) is 27.2 Å². The smallest absolute Gasteiger partial charge is 0.126 e. The second-order valence-electron chi connectivity index (χ2n) is 4.42. The molecule has 0 atom stereocenters. The number of nitrogens with one attached hydrogen (secondary N) is 1. The summed E-state index contributed by atoms with van der Waals surface area (Å²) in [7, 11) is 4.15. The average molecular weight is 224 g/mol. The number of aryl methyl sites for hydroxylation is 1. The van der Waals surface area contributed by atoms with Crippen molar-refractivity contribution in [3.8, 4) is 0 Å². The molecule has 16 heavy (non-hydrogen) atoms. The Balaban J connectivity index is 2.24. The highest BCUT2D eigenvalue weighted by Crippen LogP contribution is 2.08. The highest BCUT2D eigenvalue weighted by molar-refractivity contribution is 5.23. The molecule has 0 spiro atoms. The molecular formula is C13H21FN2. The van der Waals surface area contributed by atoms with Crippen molar-refractivity contribution in [1.29, 1.82) is 0 Å². The predicted molar refractivity (Wildman–Crippen MR) is 66.0 cm³/mol. The fourth-order valence-corrected chi connectivity index (χ4v) is 1.57. The zero-order chi connectivity index (χ0) is 12.0. The second-order valence-corrected chi connectivity index (χ2v) is 4.42. The van der Waals surface area contributed by atoms with Gasteiger partial charge in [-0.2, -0.15) is 0 Å². The van der Waals surface area contributed by atoms with Crippen LogP contribution < -0.4 is 5.32 Å². The van der Waals surface area contributed by atoms with Crippen LogP contribution in [0.3, 0.4) is 0 Å². The van der Waals surface area contributed by atoms with Crippen molar-refractivity contribution < 1.29 is 4.39 Å². The predicted octanol–water partition coefficient (Wildman–Crippen LogP) is 2.18. The molecule has 3 heteroatoms. The van der Waals surface area contributed by atoms with Gasteiger partial charge in [-0.25, -0.2) is 4.39 Å². The quantitative estimate of drug-likeness (QED) is 0.745. The third-order valence-corrected chi connectivity index (χ3v) is 2.51. The van der Waals surface area contributed by atoms with Crippen LogP contribution >= 0.6 is 0 Å². The first kappa shape index (κ1) is 13.1. The molecule has 0 saturated carbocycles. The summed E-state index contributed by atoms with van der Waals surface area (Å²) in [6.45, 7) is 4.70. The molecule has 0 heterocycles. The van der Waals surface area contributed by atoms with Gasteiger partial charge in [0.15, 0.2) is 0 Å². The monoisotopic (exact) mass is 224 g/mol. The highest BCUT2D eigenvalue weighted by Gasteiger charge is 1.98. The lowest BCUT2D eigenvalue weighted by atomic mass is 10.1. The summed E-state index contributed by atoms with van der Waals surface area (Å²) < 4.78 is 13.0. The summed E-state index contributed by atoms with van der Waals surface area (Å²) in [6, 6.07) is 5.27. The SMILES string of the molecule is Cc1cc(CNCCCN(C)C)ccc1F. The van der Waals surface area contributed by atoms with E-state index in [1.54, 1.807) is 6.92 Å². The minimum atomic E-state index is -0.128. The van der Waals surface area contributed by atoms with Crippen LogP contribution in [-0.2, 0) is 6.54 Å². The van der Waals surface area contributed by atoms with E-state index in [0.29, 0.717) is 5.56 Å². The highest BCUT2D eigenvalue weighted by atomic mass is 19.1. The van der Waals surface area contributed by atoms with Gasteiger partial charge in [0.25, 0.3) is 0 Å².